The summed E-state index contributed by atoms with van der Waals surface area (Å²) < 4.78 is 32.5. The Morgan fingerprint density at radius 2 is 1.88 bits per heavy atom. The van der Waals surface area contributed by atoms with Gasteiger partial charge in [0.25, 0.3) is 0 Å². The second kappa shape index (κ2) is 8.07. The lowest BCUT2D eigenvalue weighted by Crippen LogP contribution is -2.41. The van der Waals surface area contributed by atoms with Gasteiger partial charge in [0.15, 0.2) is 0 Å². The number of anilines is 1. The minimum Gasteiger partial charge on any atom is -0.496 e. The number of benzene rings is 2. The van der Waals surface area contributed by atoms with E-state index in [1.165, 1.54) is 26.2 Å². The van der Waals surface area contributed by atoms with Gasteiger partial charge in [-0.15, -0.1) is 0 Å². The summed E-state index contributed by atoms with van der Waals surface area (Å²) in [5.74, 6) is 0.107. The van der Waals surface area contributed by atoms with Crippen LogP contribution in [0.15, 0.2) is 41.3 Å². The normalized spacial score (nSPS) is 12.5. The molecule has 2 aromatic carbocycles. The molecule has 0 saturated carbocycles. The fourth-order valence-electron chi connectivity index (χ4n) is 2.36. The molecular weight excluding hydrogens is 376 g/mol. The number of carbonyl (C=O) groups is 1. The quantitative estimate of drug-likeness (QED) is 0.784. The van der Waals surface area contributed by atoms with Crippen molar-refractivity contribution in [2.45, 2.75) is 31.7 Å². The van der Waals surface area contributed by atoms with Gasteiger partial charge in [0.1, 0.15) is 5.75 Å². The summed E-state index contributed by atoms with van der Waals surface area (Å²) >= 11 is 6.03. The number of hydrogen-bond donors (Lipinski definition) is 2. The van der Waals surface area contributed by atoms with Crippen LogP contribution in [-0.4, -0.2) is 27.5 Å². The molecule has 2 aromatic rings. The molecule has 0 aliphatic carbocycles. The van der Waals surface area contributed by atoms with Crippen LogP contribution in [0.1, 0.15) is 18.1 Å². The van der Waals surface area contributed by atoms with Crippen LogP contribution < -0.4 is 14.8 Å². The van der Waals surface area contributed by atoms with E-state index in [9.17, 15) is 13.2 Å². The van der Waals surface area contributed by atoms with E-state index in [0.717, 1.165) is 0 Å². The summed E-state index contributed by atoms with van der Waals surface area (Å²) in [6.45, 7) is 4.99. The molecule has 0 aliphatic rings. The van der Waals surface area contributed by atoms with Crippen molar-refractivity contribution in [1.82, 2.24) is 4.72 Å². The number of carbonyl (C=O) groups excluding carboxylic acids is 1. The number of rotatable bonds is 6. The fraction of sp³-hybridized carbons (Fsp3) is 0.278. The number of methoxy groups -OCH3 is 1. The van der Waals surface area contributed by atoms with Gasteiger partial charge >= 0.3 is 0 Å². The van der Waals surface area contributed by atoms with Gasteiger partial charge in [-0.3, -0.25) is 4.79 Å². The van der Waals surface area contributed by atoms with Crippen molar-refractivity contribution in [3.05, 3.63) is 52.5 Å². The van der Waals surface area contributed by atoms with Crippen molar-refractivity contribution in [1.29, 1.82) is 0 Å². The van der Waals surface area contributed by atoms with Gasteiger partial charge in [-0.05, 0) is 62.2 Å². The first-order chi connectivity index (χ1) is 12.2. The summed E-state index contributed by atoms with van der Waals surface area (Å²) in [6.07, 6.45) is 0. The van der Waals surface area contributed by atoms with Crippen molar-refractivity contribution in [2.75, 3.05) is 12.4 Å². The number of aryl methyl sites for hydroxylation is 1. The molecule has 2 rings (SSSR count). The summed E-state index contributed by atoms with van der Waals surface area (Å²) in [7, 11) is -2.34. The molecule has 0 fully saturated rings. The van der Waals surface area contributed by atoms with E-state index in [2.05, 4.69) is 10.0 Å². The number of nitrogens with one attached hydrogen (secondary N) is 2. The first-order valence-electron chi connectivity index (χ1n) is 7.88. The molecule has 26 heavy (non-hydrogen) atoms. The standard InChI is InChI=1S/C18H21ClN2O4S/c1-11-10-14(8-9-17(11)25-4)26(23,24)21-13(3)18(22)20-16-7-5-6-15(19)12(16)2/h5-10,13,21H,1-4H3,(H,20,22)/t13-/m1/s1. The van der Waals surface area contributed by atoms with Gasteiger partial charge in [0.05, 0.1) is 18.0 Å². The topological polar surface area (TPSA) is 84.5 Å². The molecule has 0 spiro atoms. The largest absolute Gasteiger partial charge is 0.496 e. The number of halogens is 1. The summed E-state index contributed by atoms with van der Waals surface area (Å²) in [4.78, 5) is 12.4. The van der Waals surface area contributed by atoms with Gasteiger partial charge in [-0.1, -0.05) is 17.7 Å². The lowest BCUT2D eigenvalue weighted by molar-refractivity contribution is -0.117. The molecule has 2 N–H and O–H groups in total. The Balaban J connectivity index is 2.14. The molecule has 0 heterocycles. The Morgan fingerprint density at radius 1 is 1.19 bits per heavy atom. The van der Waals surface area contributed by atoms with Crippen LogP contribution >= 0.6 is 11.6 Å². The first-order valence-corrected chi connectivity index (χ1v) is 9.74. The Labute approximate surface area is 158 Å². The molecule has 6 nitrogen and oxygen atoms in total. The molecule has 0 bridgehead atoms. The summed E-state index contributed by atoms with van der Waals surface area (Å²) in [5, 5.41) is 3.20. The second-order valence-electron chi connectivity index (χ2n) is 5.88. The van der Waals surface area contributed by atoms with Crippen molar-refractivity contribution >= 4 is 33.2 Å². The van der Waals surface area contributed by atoms with Gasteiger partial charge in [0, 0.05) is 10.7 Å². The summed E-state index contributed by atoms with van der Waals surface area (Å²) in [6, 6.07) is 8.65. The smallest absolute Gasteiger partial charge is 0.242 e. The molecule has 1 atom stereocenters. The van der Waals surface area contributed by atoms with E-state index in [-0.39, 0.29) is 4.90 Å². The second-order valence-corrected chi connectivity index (χ2v) is 8.00. The number of ether oxygens (including phenoxy) is 1. The van der Waals surface area contributed by atoms with Gasteiger partial charge in [0.2, 0.25) is 15.9 Å². The van der Waals surface area contributed by atoms with Crippen molar-refractivity contribution in [3.8, 4) is 5.75 Å². The van der Waals surface area contributed by atoms with Crippen LogP contribution in [-0.2, 0) is 14.8 Å². The predicted octanol–water partition coefficient (Wildman–Crippen LogP) is 3.27. The van der Waals surface area contributed by atoms with E-state index >= 15 is 0 Å². The van der Waals surface area contributed by atoms with Crippen LogP contribution in [0, 0.1) is 13.8 Å². The number of amides is 1. The molecule has 0 saturated heterocycles. The van der Waals surface area contributed by atoms with Crippen LogP contribution in [0.3, 0.4) is 0 Å². The van der Waals surface area contributed by atoms with E-state index in [1.807, 2.05) is 0 Å². The molecule has 140 valence electrons. The van der Waals surface area contributed by atoms with E-state index < -0.39 is 22.0 Å². The van der Waals surface area contributed by atoms with Crippen LogP contribution in [0.4, 0.5) is 5.69 Å². The van der Waals surface area contributed by atoms with Crippen LogP contribution in [0.25, 0.3) is 0 Å². The Morgan fingerprint density at radius 3 is 2.50 bits per heavy atom. The maximum Gasteiger partial charge on any atom is 0.242 e. The Bertz CT molecular complexity index is 929. The van der Waals surface area contributed by atoms with Crippen LogP contribution in [0.5, 0.6) is 5.75 Å². The lowest BCUT2D eigenvalue weighted by Gasteiger charge is -2.16. The Kier molecular flexibility index (Phi) is 6.28. The third-order valence-electron chi connectivity index (χ3n) is 3.93. The zero-order valence-corrected chi connectivity index (χ0v) is 16.5. The predicted molar refractivity (Wildman–Crippen MR) is 102 cm³/mol. The van der Waals surface area contributed by atoms with Gasteiger partial charge in [-0.2, -0.15) is 4.72 Å². The molecule has 0 aliphatic heterocycles. The maximum absolute atomic E-state index is 12.5. The fourth-order valence-corrected chi connectivity index (χ4v) is 3.82. The third kappa shape index (κ3) is 4.55. The molecular formula is C18H21ClN2O4S. The van der Waals surface area contributed by atoms with Crippen molar-refractivity contribution < 1.29 is 17.9 Å². The number of hydrogen-bond acceptors (Lipinski definition) is 4. The molecule has 8 heteroatoms. The van der Waals surface area contributed by atoms with Crippen molar-refractivity contribution in [3.63, 3.8) is 0 Å². The molecule has 0 aromatic heterocycles. The highest BCUT2D eigenvalue weighted by molar-refractivity contribution is 7.89. The summed E-state index contributed by atoms with van der Waals surface area (Å²) in [5.41, 5.74) is 1.93. The maximum atomic E-state index is 12.5. The highest BCUT2D eigenvalue weighted by atomic mass is 35.5. The van der Waals surface area contributed by atoms with Gasteiger partial charge in [-0.25, -0.2) is 8.42 Å². The van der Waals surface area contributed by atoms with E-state index in [0.29, 0.717) is 27.6 Å². The highest BCUT2D eigenvalue weighted by Crippen LogP contribution is 2.24. The SMILES string of the molecule is COc1ccc(S(=O)(=O)N[C@H](C)C(=O)Nc2cccc(Cl)c2C)cc1C. The number of sulfonamides is 1. The zero-order chi connectivity index (χ0) is 19.5. The zero-order valence-electron chi connectivity index (χ0n) is 15.0. The molecule has 0 unspecified atom stereocenters. The first kappa shape index (κ1) is 20.2. The minimum atomic E-state index is -3.86. The average Bonchev–Trinajstić information content (AvgIpc) is 2.58. The third-order valence-corrected chi connectivity index (χ3v) is 5.88. The van der Waals surface area contributed by atoms with Crippen LogP contribution in [0.2, 0.25) is 5.02 Å². The monoisotopic (exact) mass is 396 g/mol. The molecule has 1 amide bonds. The minimum absolute atomic E-state index is 0.0642. The van der Waals surface area contributed by atoms with Gasteiger partial charge < -0.3 is 10.1 Å². The van der Waals surface area contributed by atoms with E-state index in [4.69, 9.17) is 16.3 Å². The Hall–Kier alpha value is -2.09. The average molecular weight is 397 g/mol. The molecule has 0 radical (unpaired) electrons. The van der Waals surface area contributed by atoms with E-state index in [1.54, 1.807) is 38.1 Å². The highest BCUT2D eigenvalue weighted by Gasteiger charge is 2.23. The lowest BCUT2D eigenvalue weighted by atomic mass is 10.2. The van der Waals surface area contributed by atoms with Crippen molar-refractivity contribution in [2.24, 2.45) is 0 Å².